The van der Waals surface area contributed by atoms with Crippen LogP contribution in [0.2, 0.25) is 0 Å². The van der Waals surface area contributed by atoms with Crippen molar-refractivity contribution < 1.29 is 19.1 Å². The summed E-state index contributed by atoms with van der Waals surface area (Å²) in [5, 5.41) is 5.68. The molecule has 1 atom stereocenters. The molecule has 3 rings (SSSR count). The summed E-state index contributed by atoms with van der Waals surface area (Å²) in [6.07, 6.45) is 0.863. The van der Waals surface area contributed by atoms with Crippen molar-refractivity contribution in [3.8, 4) is 5.75 Å². The Labute approximate surface area is 176 Å². The Morgan fingerprint density at radius 3 is 2.60 bits per heavy atom. The first-order chi connectivity index (χ1) is 14.3. The lowest BCUT2D eigenvalue weighted by Gasteiger charge is -2.20. The lowest BCUT2D eigenvalue weighted by atomic mass is 10.1. The van der Waals surface area contributed by atoms with Crippen LogP contribution in [0.5, 0.6) is 5.75 Å². The molecule has 1 heterocycles. The van der Waals surface area contributed by atoms with Crippen molar-refractivity contribution >= 4 is 34.8 Å². The molecule has 7 nitrogen and oxygen atoms in total. The number of carbonyl (C=O) groups is 3. The van der Waals surface area contributed by atoms with Crippen LogP contribution in [0.3, 0.4) is 0 Å². The first-order valence-electron chi connectivity index (χ1n) is 9.98. The van der Waals surface area contributed by atoms with Crippen molar-refractivity contribution in [3.05, 3.63) is 47.5 Å². The maximum atomic E-state index is 13.0. The number of aryl methyl sites for hydroxylation is 2. The standard InChI is InChI=1S/C23H27N3O4/c1-5-16-7-8-18(24-15(3)27)12-19(16)25-23(29)17-11-22(28)26(13-17)20-10-14(2)6-9-21(20)30-4/h6-10,12,17H,5,11,13H2,1-4H3,(H,24,27)(H,25,29). The third-order valence-corrected chi connectivity index (χ3v) is 5.19. The molecule has 0 aliphatic carbocycles. The van der Waals surface area contributed by atoms with Crippen LogP contribution in [0.4, 0.5) is 17.1 Å². The van der Waals surface area contributed by atoms with E-state index in [9.17, 15) is 14.4 Å². The number of amides is 3. The Balaban J connectivity index is 1.78. The normalized spacial score (nSPS) is 15.8. The predicted octanol–water partition coefficient (Wildman–Crippen LogP) is 3.52. The number of methoxy groups -OCH3 is 1. The summed E-state index contributed by atoms with van der Waals surface area (Å²) < 4.78 is 5.40. The van der Waals surface area contributed by atoms with Gasteiger partial charge in [-0.3, -0.25) is 14.4 Å². The van der Waals surface area contributed by atoms with Crippen LogP contribution in [0, 0.1) is 12.8 Å². The fourth-order valence-corrected chi connectivity index (χ4v) is 3.64. The summed E-state index contributed by atoms with van der Waals surface area (Å²) in [6.45, 7) is 5.66. The second-order valence-electron chi connectivity index (χ2n) is 7.48. The van der Waals surface area contributed by atoms with E-state index < -0.39 is 5.92 Å². The number of nitrogens with one attached hydrogen (secondary N) is 2. The molecule has 2 aromatic rings. The van der Waals surface area contributed by atoms with E-state index in [-0.39, 0.29) is 30.7 Å². The minimum absolute atomic E-state index is 0.109. The molecule has 1 unspecified atom stereocenters. The minimum atomic E-state index is -0.475. The smallest absolute Gasteiger partial charge is 0.229 e. The van der Waals surface area contributed by atoms with Gasteiger partial charge in [-0.25, -0.2) is 0 Å². The van der Waals surface area contributed by atoms with E-state index in [1.807, 2.05) is 38.1 Å². The van der Waals surface area contributed by atoms with Gasteiger partial charge in [0.2, 0.25) is 17.7 Å². The quantitative estimate of drug-likeness (QED) is 0.764. The third kappa shape index (κ3) is 4.62. The maximum absolute atomic E-state index is 13.0. The van der Waals surface area contributed by atoms with E-state index in [0.717, 1.165) is 17.5 Å². The molecule has 0 saturated carbocycles. The Kier molecular flexibility index (Phi) is 6.40. The van der Waals surface area contributed by atoms with Crippen molar-refractivity contribution in [2.45, 2.75) is 33.6 Å². The van der Waals surface area contributed by atoms with E-state index in [4.69, 9.17) is 4.74 Å². The van der Waals surface area contributed by atoms with Crippen LogP contribution in [0.1, 0.15) is 31.4 Å². The summed E-state index contributed by atoms with van der Waals surface area (Å²) in [7, 11) is 1.56. The topological polar surface area (TPSA) is 87.7 Å². The SMILES string of the molecule is CCc1ccc(NC(C)=O)cc1NC(=O)C1CC(=O)N(c2cc(C)ccc2OC)C1. The molecule has 3 amide bonds. The number of hydrogen-bond acceptors (Lipinski definition) is 4. The van der Waals surface area contributed by atoms with Gasteiger partial charge in [0.1, 0.15) is 5.75 Å². The number of carbonyl (C=O) groups excluding carboxylic acids is 3. The van der Waals surface area contributed by atoms with Crippen molar-refractivity contribution in [1.29, 1.82) is 0 Å². The monoisotopic (exact) mass is 409 g/mol. The van der Waals surface area contributed by atoms with Crippen molar-refractivity contribution in [3.63, 3.8) is 0 Å². The zero-order valence-corrected chi connectivity index (χ0v) is 17.7. The Morgan fingerprint density at radius 1 is 1.17 bits per heavy atom. The molecule has 0 radical (unpaired) electrons. The summed E-state index contributed by atoms with van der Waals surface area (Å²) >= 11 is 0. The molecule has 0 spiro atoms. The molecule has 30 heavy (non-hydrogen) atoms. The Morgan fingerprint density at radius 2 is 1.93 bits per heavy atom. The van der Waals surface area contributed by atoms with Gasteiger partial charge >= 0.3 is 0 Å². The van der Waals surface area contributed by atoms with Crippen LogP contribution < -0.4 is 20.3 Å². The number of benzene rings is 2. The van der Waals surface area contributed by atoms with Gasteiger partial charge in [-0.05, 0) is 48.7 Å². The zero-order valence-electron chi connectivity index (χ0n) is 17.7. The number of ether oxygens (including phenoxy) is 1. The van der Waals surface area contributed by atoms with Crippen molar-refractivity contribution in [2.24, 2.45) is 5.92 Å². The number of hydrogen-bond donors (Lipinski definition) is 2. The Hall–Kier alpha value is -3.35. The number of rotatable bonds is 6. The molecule has 1 saturated heterocycles. The molecule has 158 valence electrons. The highest BCUT2D eigenvalue weighted by atomic mass is 16.5. The lowest BCUT2D eigenvalue weighted by molar-refractivity contribution is -0.122. The van der Waals surface area contributed by atoms with Gasteiger partial charge in [0.15, 0.2) is 0 Å². The van der Waals surface area contributed by atoms with Gasteiger partial charge in [-0.2, -0.15) is 0 Å². The first-order valence-corrected chi connectivity index (χ1v) is 9.98. The summed E-state index contributed by atoms with van der Waals surface area (Å²) in [5.41, 5.74) is 3.91. The average Bonchev–Trinajstić information content (AvgIpc) is 3.09. The first kappa shape index (κ1) is 21.4. The molecule has 1 aliphatic rings. The van der Waals surface area contributed by atoms with Crippen LogP contribution >= 0.6 is 0 Å². The second-order valence-corrected chi connectivity index (χ2v) is 7.48. The zero-order chi connectivity index (χ0) is 21.8. The van der Waals surface area contributed by atoms with Crippen LogP contribution in [0.15, 0.2) is 36.4 Å². The highest BCUT2D eigenvalue weighted by Gasteiger charge is 2.36. The summed E-state index contributed by atoms with van der Waals surface area (Å²) in [4.78, 5) is 38.6. The molecule has 1 aliphatic heterocycles. The van der Waals surface area contributed by atoms with Crippen molar-refractivity contribution in [1.82, 2.24) is 0 Å². The van der Waals surface area contributed by atoms with Crippen LogP contribution in [-0.2, 0) is 20.8 Å². The van der Waals surface area contributed by atoms with E-state index >= 15 is 0 Å². The Bertz CT molecular complexity index is 986. The van der Waals surface area contributed by atoms with Gasteiger partial charge < -0.3 is 20.3 Å². The fourth-order valence-electron chi connectivity index (χ4n) is 3.64. The molecular formula is C23H27N3O4. The molecular weight excluding hydrogens is 382 g/mol. The van der Waals surface area contributed by atoms with E-state index in [1.165, 1.54) is 6.92 Å². The average molecular weight is 409 g/mol. The molecule has 0 bridgehead atoms. The van der Waals surface area contributed by atoms with E-state index in [1.54, 1.807) is 24.1 Å². The highest BCUT2D eigenvalue weighted by Crippen LogP contribution is 2.34. The second kappa shape index (κ2) is 8.98. The summed E-state index contributed by atoms with van der Waals surface area (Å²) in [5.74, 6) is -0.377. The minimum Gasteiger partial charge on any atom is -0.495 e. The van der Waals surface area contributed by atoms with Gasteiger partial charge in [-0.15, -0.1) is 0 Å². The molecule has 2 N–H and O–H groups in total. The molecule has 0 aromatic heterocycles. The lowest BCUT2D eigenvalue weighted by Crippen LogP contribution is -2.28. The largest absolute Gasteiger partial charge is 0.495 e. The summed E-state index contributed by atoms with van der Waals surface area (Å²) in [6, 6.07) is 11.1. The molecule has 7 heteroatoms. The maximum Gasteiger partial charge on any atom is 0.229 e. The van der Waals surface area contributed by atoms with Crippen molar-refractivity contribution in [2.75, 3.05) is 29.2 Å². The van der Waals surface area contributed by atoms with E-state index in [0.29, 0.717) is 22.8 Å². The van der Waals surface area contributed by atoms with Gasteiger partial charge in [0.05, 0.1) is 18.7 Å². The van der Waals surface area contributed by atoms with Gasteiger partial charge in [-0.1, -0.05) is 19.1 Å². The van der Waals surface area contributed by atoms with Crippen LogP contribution in [-0.4, -0.2) is 31.4 Å². The van der Waals surface area contributed by atoms with Gasteiger partial charge in [0, 0.05) is 31.3 Å². The van der Waals surface area contributed by atoms with Crippen LogP contribution in [0.25, 0.3) is 0 Å². The van der Waals surface area contributed by atoms with E-state index in [2.05, 4.69) is 10.6 Å². The highest BCUT2D eigenvalue weighted by molar-refractivity contribution is 6.04. The van der Waals surface area contributed by atoms with Gasteiger partial charge in [0.25, 0.3) is 0 Å². The molecule has 1 fully saturated rings. The fraction of sp³-hybridized carbons (Fsp3) is 0.348. The molecule has 2 aromatic carbocycles. The third-order valence-electron chi connectivity index (χ3n) is 5.19. The predicted molar refractivity (Wildman–Crippen MR) is 117 cm³/mol. The number of anilines is 3. The number of nitrogens with zero attached hydrogens (tertiary/aromatic N) is 1.